The quantitative estimate of drug-likeness (QED) is 0.0542. The molecule has 0 aromatic heterocycles. The van der Waals surface area contributed by atoms with Crippen LogP contribution in [0.5, 0.6) is 5.75 Å². The lowest BCUT2D eigenvalue weighted by molar-refractivity contribution is 0.442. The SMILES string of the molecule is CCCCCCCCCCCCCCCCCCP(CCCCCCCCCCCCCCCCCC)Cc1cc(C)c(O)c(C(C)(C)C)c1. The standard InChI is InChI=1S/C48H91OP/c1-7-9-11-13-15-17-19-21-23-25-27-29-31-33-35-37-39-50(43-45-41-44(3)47(49)46(42-45)48(4,5)6)40-38-36-34-32-30-28-26-24-22-20-18-16-14-12-10-8-2/h41-42,49H,7-40,43H2,1-6H3. The summed E-state index contributed by atoms with van der Waals surface area (Å²) in [6.45, 7) is 13.4. The van der Waals surface area contributed by atoms with Gasteiger partial charge in [0.2, 0.25) is 0 Å². The van der Waals surface area contributed by atoms with Crippen molar-refractivity contribution < 1.29 is 5.11 Å². The second-order valence-corrected chi connectivity index (χ2v) is 20.0. The fourth-order valence-corrected chi connectivity index (χ4v) is 10.4. The van der Waals surface area contributed by atoms with Crippen molar-refractivity contribution >= 4 is 7.92 Å². The molecule has 1 aromatic carbocycles. The molecule has 0 bridgehead atoms. The van der Waals surface area contributed by atoms with E-state index in [1.54, 1.807) is 0 Å². The summed E-state index contributed by atoms with van der Waals surface area (Å²) in [6, 6.07) is 4.64. The van der Waals surface area contributed by atoms with E-state index in [0.29, 0.717) is 5.75 Å². The van der Waals surface area contributed by atoms with Crippen LogP contribution in [0, 0.1) is 6.92 Å². The first-order valence-electron chi connectivity index (χ1n) is 22.8. The molecular formula is C48H91OP. The van der Waals surface area contributed by atoms with Gasteiger partial charge in [-0.05, 0) is 60.4 Å². The van der Waals surface area contributed by atoms with Crippen LogP contribution in [0.4, 0.5) is 0 Å². The van der Waals surface area contributed by atoms with Gasteiger partial charge in [0.1, 0.15) is 5.75 Å². The third-order valence-corrected chi connectivity index (χ3v) is 13.9. The van der Waals surface area contributed by atoms with Crippen LogP contribution in [0.3, 0.4) is 0 Å². The van der Waals surface area contributed by atoms with Crippen molar-refractivity contribution in [2.75, 3.05) is 12.3 Å². The van der Waals surface area contributed by atoms with E-state index in [0.717, 1.165) is 11.1 Å². The number of benzene rings is 1. The van der Waals surface area contributed by atoms with Gasteiger partial charge in [-0.2, -0.15) is 0 Å². The van der Waals surface area contributed by atoms with Crippen LogP contribution in [-0.4, -0.2) is 17.4 Å². The number of phenols is 1. The van der Waals surface area contributed by atoms with E-state index >= 15 is 0 Å². The van der Waals surface area contributed by atoms with Gasteiger partial charge in [-0.25, -0.2) is 0 Å². The number of hydrogen-bond donors (Lipinski definition) is 1. The molecule has 0 saturated heterocycles. The summed E-state index contributed by atoms with van der Waals surface area (Å²) in [5.74, 6) is 0.515. The van der Waals surface area contributed by atoms with E-state index in [2.05, 4.69) is 53.7 Å². The van der Waals surface area contributed by atoms with Gasteiger partial charge >= 0.3 is 0 Å². The average Bonchev–Trinajstić information content (AvgIpc) is 3.08. The Morgan fingerprint density at radius 2 is 0.720 bits per heavy atom. The van der Waals surface area contributed by atoms with Gasteiger partial charge in [0.05, 0.1) is 0 Å². The van der Waals surface area contributed by atoms with Crippen molar-refractivity contribution in [2.24, 2.45) is 0 Å². The molecule has 0 fully saturated rings. The minimum atomic E-state index is -0.0185. The molecule has 1 aromatic rings. The molecule has 50 heavy (non-hydrogen) atoms. The smallest absolute Gasteiger partial charge is 0.122 e. The predicted molar refractivity (Wildman–Crippen MR) is 231 cm³/mol. The number of phenolic OH excluding ortho intramolecular Hbond substituents is 1. The number of hydrogen-bond acceptors (Lipinski definition) is 1. The van der Waals surface area contributed by atoms with Gasteiger partial charge in [0.15, 0.2) is 0 Å². The molecule has 0 saturated carbocycles. The molecule has 1 rings (SSSR count). The van der Waals surface area contributed by atoms with Gasteiger partial charge in [-0.15, -0.1) is 7.92 Å². The molecule has 1 nitrogen and oxygen atoms in total. The Kier molecular flexibility index (Phi) is 31.4. The van der Waals surface area contributed by atoms with Crippen molar-refractivity contribution in [3.8, 4) is 5.75 Å². The Labute approximate surface area is 317 Å². The zero-order valence-corrected chi connectivity index (χ0v) is 36.2. The lowest BCUT2D eigenvalue weighted by Crippen LogP contribution is -2.12. The fourth-order valence-electron chi connectivity index (χ4n) is 7.81. The Morgan fingerprint density at radius 3 is 1.00 bits per heavy atom. The molecule has 294 valence electrons. The second kappa shape index (κ2) is 33.1. The van der Waals surface area contributed by atoms with Crippen molar-refractivity contribution in [3.63, 3.8) is 0 Å². The number of rotatable bonds is 36. The minimum absolute atomic E-state index is 0.0185. The lowest BCUT2D eigenvalue weighted by atomic mass is 9.84. The summed E-state index contributed by atoms with van der Waals surface area (Å²) in [5, 5.41) is 10.8. The highest BCUT2D eigenvalue weighted by Gasteiger charge is 2.21. The van der Waals surface area contributed by atoms with Gasteiger partial charge in [-0.3, -0.25) is 0 Å². The summed E-state index contributed by atoms with van der Waals surface area (Å²) < 4.78 is 0. The Morgan fingerprint density at radius 1 is 0.440 bits per heavy atom. The fraction of sp³-hybridized carbons (Fsp3) is 0.875. The molecular weight excluding hydrogens is 624 g/mol. The van der Waals surface area contributed by atoms with E-state index < -0.39 is 0 Å². The first-order chi connectivity index (χ1) is 24.3. The van der Waals surface area contributed by atoms with E-state index in [-0.39, 0.29) is 13.3 Å². The molecule has 0 aliphatic carbocycles. The Bertz CT molecular complexity index is 834. The van der Waals surface area contributed by atoms with E-state index in [9.17, 15) is 5.11 Å². The zero-order valence-electron chi connectivity index (χ0n) is 35.3. The highest BCUT2D eigenvalue weighted by Crippen LogP contribution is 2.44. The zero-order chi connectivity index (χ0) is 36.5. The highest BCUT2D eigenvalue weighted by atomic mass is 31.1. The number of aromatic hydroxyl groups is 1. The normalized spacial score (nSPS) is 12.1. The van der Waals surface area contributed by atoms with Crippen LogP contribution in [-0.2, 0) is 11.6 Å². The molecule has 0 heterocycles. The largest absolute Gasteiger partial charge is 0.507 e. The second-order valence-electron chi connectivity index (χ2n) is 17.4. The van der Waals surface area contributed by atoms with E-state index in [4.69, 9.17) is 0 Å². The van der Waals surface area contributed by atoms with Crippen LogP contribution >= 0.6 is 7.92 Å². The molecule has 0 amide bonds. The van der Waals surface area contributed by atoms with Crippen molar-refractivity contribution in [2.45, 2.75) is 259 Å². The summed E-state index contributed by atoms with van der Waals surface area (Å²) in [6.07, 6.45) is 50.4. The van der Waals surface area contributed by atoms with Gasteiger partial charge in [-0.1, -0.05) is 239 Å². The van der Waals surface area contributed by atoms with Crippen LogP contribution < -0.4 is 0 Å². The van der Waals surface area contributed by atoms with Crippen molar-refractivity contribution in [3.05, 3.63) is 28.8 Å². The predicted octanol–water partition coefficient (Wildman–Crippen LogP) is 17.5. The number of aryl methyl sites for hydroxylation is 1. The van der Waals surface area contributed by atoms with Gasteiger partial charge < -0.3 is 5.11 Å². The molecule has 0 aliphatic heterocycles. The maximum absolute atomic E-state index is 10.8. The first kappa shape index (κ1) is 47.5. The molecule has 0 spiro atoms. The average molecular weight is 715 g/mol. The molecule has 2 heteroatoms. The summed E-state index contributed by atoms with van der Waals surface area (Å²) in [7, 11) is 0.0258. The first-order valence-corrected chi connectivity index (χ1v) is 24.7. The Hall–Kier alpha value is -0.550. The maximum atomic E-state index is 10.8. The van der Waals surface area contributed by atoms with Crippen LogP contribution in [0.25, 0.3) is 0 Å². The minimum Gasteiger partial charge on any atom is -0.507 e. The topological polar surface area (TPSA) is 20.2 Å². The molecule has 0 atom stereocenters. The van der Waals surface area contributed by atoms with Gasteiger partial charge in [0, 0.05) is 0 Å². The number of unbranched alkanes of at least 4 members (excludes halogenated alkanes) is 30. The maximum Gasteiger partial charge on any atom is 0.122 e. The third kappa shape index (κ3) is 27.1. The van der Waals surface area contributed by atoms with E-state index in [1.165, 1.54) is 230 Å². The molecule has 0 radical (unpaired) electrons. The molecule has 0 aliphatic rings. The monoisotopic (exact) mass is 715 g/mol. The van der Waals surface area contributed by atoms with E-state index in [1.807, 2.05) is 0 Å². The third-order valence-electron chi connectivity index (χ3n) is 11.2. The Balaban J connectivity index is 2.28. The molecule has 0 unspecified atom stereocenters. The summed E-state index contributed by atoms with van der Waals surface area (Å²) >= 11 is 0. The molecule has 1 N–H and O–H groups in total. The van der Waals surface area contributed by atoms with Crippen molar-refractivity contribution in [1.82, 2.24) is 0 Å². The van der Waals surface area contributed by atoms with Crippen molar-refractivity contribution in [1.29, 1.82) is 0 Å². The van der Waals surface area contributed by atoms with Crippen LogP contribution in [0.1, 0.15) is 257 Å². The summed E-state index contributed by atoms with van der Waals surface area (Å²) in [4.78, 5) is 0. The summed E-state index contributed by atoms with van der Waals surface area (Å²) in [5.41, 5.74) is 3.65. The van der Waals surface area contributed by atoms with Crippen LogP contribution in [0.2, 0.25) is 0 Å². The van der Waals surface area contributed by atoms with Gasteiger partial charge in [0.25, 0.3) is 0 Å². The lowest BCUT2D eigenvalue weighted by Gasteiger charge is -2.24. The van der Waals surface area contributed by atoms with Crippen LogP contribution in [0.15, 0.2) is 12.1 Å². The highest BCUT2D eigenvalue weighted by molar-refractivity contribution is 7.56.